The lowest BCUT2D eigenvalue weighted by Crippen LogP contribution is -2.22. The third-order valence-corrected chi connectivity index (χ3v) is 7.40. The van der Waals surface area contributed by atoms with Crippen LogP contribution in [0.15, 0.2) is 70.2 Å². The Kier molecular flexibility index (Phi) is 7.53. The number of nitrogens with zero attached hydrogens (tertiary/aromatic N) is 1. The lowest BCUT2D eigenvalue weighted by molar-refractivity contribution is 0.305. The van der Waals surface area contributed by atoms with Gasteiger partial charge in [0.15, 0.2) is 9.84 Å². The third-order valence-electron chi connectivity index (χ3n) is 3.94. The summed E-state index contributed by atoms with van der Waals surface area (Å²) in [5, 5.41) is 0. The molecule has 2 aromatic rings. The van der Waals surface area contributed by atoms with Crippen molar-refractivity contribution < 1.29 is 26.0 Å². The van der Waals surface area contributed by atoms with Crippen LogP contribution in [0, 0.1) is 0 Å². The highest BCUT2D eigenvalue weighted by Gasteiger charge is 2.18. The van der Waals surface area contributed by atoms with Crippen molar-refractivity contribution in [3.8, 4) is 5.75 Å². The fraction of sp³-hybridized carbons (Fsp3) is 0.263. The maximum absolute atomic E-state index is 13.5. The van der Waals surface area contributed by atoms with Gasteiger partial charge in [0.1, 0.15) is 23.9 Å². The maximum Gasteiger partial charge on any atom is 0.242 e. The summed E-state index contributed by atoms with van der Waals surface area (Å²) >= 11 is 0. The van der Waals surface area contributed by atoms with E-state index in [1.165, 1.54) is 44.4 Å². The molecule has 2 aromatic carbocycles. The first-order valence-electron chi connectivity index (χ1n) is 8.58. The second-order valence-corrected chi connectivity index (χ2v) is 10.5. The van der Waals surface area contributed by atoms with Crippen molar-refractivity contribution in [2.75, 3.05) is 26.4 Å². The van der Waals surface area contributed by atoms with Crippen molar-refractivity contribution >= 4 is 19.9 Å². The maximum atomic E-state index is 13.5. The summed E-state index contributed by atoms with van der Waals surface area (Å²) in [6, 6.07) is 11.9. The molecule has 0 aliphatic heterocycles. The van der Waals surface area contributed by atoms with Gasteiger partial charge < -0.3 is 10.5 Å². The van der Waals surface area contributed by atoms with Crippen LogP contribution < -0.4 is 10.5 Å². The molecule has 0 heterocycles. The van der Waals surface area contributed by atoms with Crippen LogP contribution in [0.3, 0.4) is 0 Å². The normalized spacial score (nSPS) is 12.9. The van der Waals surface area contributed by atoms with Crippen LogP contribution in [0.4, 0.5) is 4.39 Å². The molecule has 0 amide bonds. The van der Waals surface area contributed by atoms with E-state index in [1.807, 2.05) is 0 Å². The highest BCUT2D eigenvalue weighted by Crippen LogP contribution is 2.22. The van der Waals surface area contributed by atoms with Gasteiger partial charge in [-0.05, 0) is 42.0 Å². The van der Waals surface area contributed by atoms with Crippen molar-refractivity contribution in [2.24, 2.45) is 5.73 Å². The van der Waals surface area contributed by atoms with E-state index in [2.05, 4.69) is 0 Å². The van der Waals surface area contributed by atoms with Gasteiger partial charge in [0, 0.05) is 20.6 Å². The van der Waals surface area contributed by atoms with Gasteiger partial charge >= 0.3 is 0 Å². The molecule has 0 unspecified atom stereocenters. The van der Waals surface area contributed by atoms with Gasteiger partial charge in [-0.15, -0.1) is 0 Å². The molecule has 0 saturated carbocycles. The van der Waals surface area contributed by atoms with E-state index in [-0.39, 0.29) is 22.9 Å². The number of rotatable bonds is 9. The second-order valence-electron chi connectivity index (χ2n) is 6.34. The fourth-order valence-electron chi connectivity index (χ4n) is 2.34. The van der Waals surface area contributed by atoms with Gasteiger partial charge in [-0.3, -0.25) is 0 Å². The lowest BCUT2D eigenvalue weighted by Gasteiger charge is -2.12. The summed E-state index contributed by atoms with van der Waals surface area (Å²) in [7, 11) is -4.48. The monoisotopic (exact) mass is 442 g/mol. The van der Waals surface area contributed by atoms with Crippen molar-refractivity contribution in [3.05, 3.63) is 66.0 Å². The molecule has 0 fully saturated rings. The lowest BCUT2D eigenvalue weighted by atomic mass is 10.2. The summed E-state index contributed by atoms with van der Waals surface area (Å²) in [6.07, 6.45) is 1.01. The Morgan fingerprint density at radius 2 is 1.72 bits per heavy atom. The molecule has 0 aromatic heterocycles. The average Bonchev–Trinajstić information content (AvgIpc) is 2.66. The van der Waals surface area contributed by atoms with E-state index in [9.17, 15) is 21.2 Å². The molecular formula is C19H23FN2O5S2. The molecule has 0 aliphatic rings. The van der Waals surface area contributed by atoms with Gasteiger partial charge in [-0.1, -0.05) is 18.2 Å². The largest absolute Gasteiger partial charge is 0.489 e. The predicted molar refractivity (Wildman–Crippen MR) is 108 cm³/mol. The number of benzene rings is 2. The van der Waals surface area contributed by atoms with Crippen LogP contribution in [0.1, 0.15) is 5.56 Å². The highest BCUT2D eigenvalue weighted by atomic mass is 32.2. The van der Waals surface area contributed by atoms with Crippen molar-refractivity contribution in [3.63, 3.8) is 0 Å². The molecule has 0 atom stereocenters. The third kappa shape index (κ3) is 6.10. The topological polar surface area (TPSA) is 107 Å². The van der Waals surface area contributed by atoms with E-state index in [0.29, 0.717) is 11.3 Å². The van der Waals surface area contributed by atoms with Crippen LogP contribution in [-0.2, 0) is 26.5 Å². The zero-order valence-electron chi connectivity index (χ0n) is 16.1. The number of sulfone groups is 1. The standard InChI is InChI=1S/C19H23FN2O5S2/c1-22(2)29(25,26)18-8-6-15(7-9-18)13-27-17-4-3-5-19(12-17)28(23,24)14-16(20)10-11-21/h3-10,12H,11,13-14,21H2,1-2H3/b16-10-. The van der Waals surface area contributed by atoms with Crippen LogP contribution in [-0.4, -0.2) is 47.5 Å². The van der Waals surface area contributed by atoms with Gasteiger partial charge in [-0.25, -0.2) is 25.5 Å². The predicted octanol–water partition coefficient (Wildman–Crippen LogP) is 2.10. The molecule has 0 saturated heterocycles. The Morgan fingerprint density at radius 1 is 1.07 bits per heavy atom. The zero-order valence-corrected chi connectivity index (χ0v) is 17.7. The first kappa shape index (κ1) is 23.0. The molecular weight excluding hydrogens is 419 g/mol. The quantitative estimate of drug-likeness (QED) is 0.637. The SMILES string of the molecule is CN(C)S(=O)(=O)c1ccc(COc2cccc(S(=O)(=O)C/C(F)=C/CN)c2)cc1. The minimum absolute atomic E-state index is 0.0667. The van der Waals surface area contributed by atoms with Crippen LogP contribution >= 0.6 is 0 Å². The Balaban J connectivity index is 2.11. The molecule has 2 N–H and O–H groups in total. The van der Waals surface area contributed by atoms with E-state index in [4.69, 9.17) is 10.5 Å². The van der Waals surface area contributed by atoms with E-state index in [1.54, 1.807) is 18.2 Å². The molecule has 10 heteroatoms. The van der Waals surface area contributed by atoms with Crippen LogP contribution in [0.25, 0.3) is 0 Å². The first-order chi connectivity index (χ1) is 13.6. The summed E-state index contributed by atoms with van der Waals surface area (Å²) < 4.78 is 69.0. The van der Waals surface area contributed by atoms with Gasteiger partial charge in [0.2, 0.25) is 10.0 Å². The number of nitrogens with two attached hydrogens (primary N) is 1. The van der Waals surface area contributed by atoms with Crippen molar-refractivity contribution in [1.82, 2.24) is 4.31 Å². The highest BCUT2D eigenvalue weighted by molar-refractivity contribution is 7.91. The van der Waals surface area contributed by atoms with Gasteiger partial charge in [-0.2, -0.15) is 0 Å². The van der Waals surface area contributed by atoms with Crippen molar-refractivity contribution in [1.29, 1.82) is 0 Å². The number of halogens is 1. The second kappa shape index (κ2) is 9.49. The number of sulfonamides is 1. The molecule has 2 rings (SSSR count). The van der Waals surface area contributed by atoms with Crippen molar-refractivity contribution in [2.45, 2.75) is 16.4 Å². The van der Waals surface area contributed by atoms with E-state index in [0.717, 1.165) is 10.4 Å². The Bertz CT molecular complexity index is 1080. The molecule has 29 heavy (non-hydrogen) atoms. The zero-order chi connectivity index (χ0) is 21.7. The minimum Gasteiger partial charge on any atom is -0.489 e. The fourth-order valence-corrected chi connectivity index (χ4v) is 4.48. The summed E-state index contributed by atoms with van der Waals surface area (Å²) in [6.45, 7) is 0.0202. The van der Waals surface area contributed by atoms with Gasteiger partial charge in [0.05, 0.1) is 9.79 Å². The Hall–Kier alpha value is -2.27. The molecule has 0 radical (unpaired) electrons. The molecule has 158 valence electrons. The van der Waals surface area contributed by atoms with E-state index < -0.39 is 31.4 Å². The number of hydrogen-bond acceptors (Lipinski definition) is 6. The average molecular weight is 443 g/mol. The van der Waals surface area contributed by atoms with E-state index >= 15 is 0 Å². The number of ether oxygens (including phenoxy) is 1. The summed E-state index contributed by atoms with van der Waals surface area (Å²) in [5.74, 6) is -1.29. The Morgan fingerprint density at radius 3 is 2.31 bits per heavy atom. The smallest absolute Gasteiger partial charge is 0.242 e. The molecule has 0 spiro atoms. The first-order valence-corrected chi connectivity index (χ1v) is 11.7. The van der Waals surface area contributed by atoms with Gasteiger partial charge in [0.25, 0.3) is 0 Å². The van der Waals surface area contributed by atoms with Crippen LogP contribution in [0.5, 0.6) is 5.75 Å². The summed E-state index contributed by atoms with van der Waals surface area (Å²) in [5.41, 5.74) is 5.89. The molecule has 0 bridgehead atoms. The summed E-state index contributed by atoms with van der Waals surface area (Å²) in [4.78, 5) is 0.0925. The van der Waals surface area contributed by atoms with Crippen LogP contribution in [0.2, 0.25) is 0 Å². The minimum atomic E-state index is -3.87. The number of hydrogen-bond donors (Lipinski definition) is 1. The molecule has 0 aliphatic carbocycles. The molecule has 7 nitrogen and oxygen atoms in total. The Labute approximate surface area is 170 Å².